The minimum Gasteiger partial charge on any atom is -0.381 e. The van der Waals surface area contributed by atoms with Gasteiger partial charge in [-0.2, -0.15) is 0 Å². The molecule has 0 aromatic carbocycles. The summed E-state index contributed by atoms with van der Waals surface area (Å²) in [6.07, 6.45) is 1.15. The fourth-order valence-corrected chi connectivity index (χ4v) is 0.421. The highest BCUT2D eigenvalue weighted by Crippen LogP contribution is 1.97. The van der Waals surface area contributed by atoms with Gasteiger partial charge in [0.1, 0.15) is 0 Å². The zero-order chi connectivity index (χ0) is 6.41. The van der Waals surface area contributed by atoms with E-state index in [9.17, 15) is 0 Å². The van der Waals surface area contributed by atoms with Crippen molar-refractivity contribution in [3.8, 4) is 0 Å². The van der Waals surface area contributed by atoms with Gasteiger partial charge in [-0.25, -0.2) is 0 Å². The number of hydrogen-bond donors (Lipinski definition) is 0. The summed E-state index contributed by atoms with van der Waals surface area (Å²) in [5.74, 6) is 0.751. The van der Waals surface area contributed by atoms with E-state index in [1.54, 1.807) is 0 Å². The van der Waals surface area contributed by atoms with Crippen LogP contribution >= 0.6 is 0 Å². The second-order valence-corrected chi connectivity index (χ2v) is 2.29. The van der Waals surface area contributed by atoms with Crippen molar-refractivity contribution >= 4 is 0 Å². The average Bonchev–Trinajstić information content (AvgIpc) is 1.66. The highest BCUT2D eigenvalue weighted by Gasteiger charge is 1.90. The molecule has 1 heteroatoms. The first kappa shape index (κ1) is 7.96. The summed E-state index contributed by atoms with van der Waals surface area (Å²) in [5.41, 5.74) is 0. The number of ether oxygens (including phenoxy) is 1. The van der Waals surface area contributed by atoms with Crippen molar-refractivity contribution in [1.29, 1.82) is 0 Å². The van der Waals surface area contributed by atoms with Crippen LogP contribution < -0.4 is 0 Å². The number of hydrogen-bond acceptors (Lipinski definition) is 1. The van der Waals surface area contributed by atoms with Crippen LogP contribution in [0.5, 0.6) is 0 Å². The van der Waals surface area contributed by atoms with Crippen molar-refractivity contribution in [3.63, 3.8) is 0 Å². The Labute approximate surface area is 52.0 Å². The largest absolute Gasteiger partial charge is 0.381 e. The highest BCUT2D eigenvalue weighted by molar-refractivity contribution is 4.42. The monoisotopic (exact) mass is 115 g/mol. The molecule has 0 aliphatic heterocycles. The van der Waals surface area contributed by atoms with E-state index in [4.69, 9.17) is 4.74 Å². The maximum atomic E-state index is 5.03. The van der Waals surface area contributed by atoms with Crippen LogP contribution in [0.15, 0.2) is 0 Å². The zero-order valence-corrected chi connectivity index (χ0v) is 5.81. The first-order chi connectivity index (χ1) is 3.77. The lowest BCUT2D eigenvalue weighted by atomic mass is 10.1. The second kappa shape index (κ2) is 5.10. The summed E-state index contributed by atoms with van der Waals surface area (Å²) in [4.78, 5) is 0. The molecule has 0 rings (SSSR count). The summed E-state index contributed by atoms with van der Waals surface area (Å²) in [6, 6.07) is 0. The van der Waals surface area contributed by atoms with E-state index in [1.807, 2.05) is 0 Å². The molecule has 0 N–H and O–H groups in total. The van der Waals surface area contributed by atoms with Crippen LogP contribution in [-0.2, 0) is 4.74 Å². The molecule has 0 aliphatic rings. The topological polar surface area (TPSA) is 9.23 Å². The normalized spacial score (nSPS) is 10.5. The number of rotatable bonds is 4. The van der Waals surface area contributed by atoms with Gasteiger partial charge in [0, 0.05) is 13.2 Å². The molecule has 0 amide bonds. The Morgan fingerprint density at radius 3 is 2.50 bits per heavy atom. The molecule has 0 fully saturated rings. The van der Waals surface area contributed by atoms with E-state index >= 15 is 0 Å². The molecule has 0 aromatic rings. The molecule has 8 heavy (non-hydrogen) atoms. The zero-order valence-electron chi connectivity index (χ0n) is 5.81. The molecule has 0 aromatic heterocycles. The quantitative estimate of drug-likeness (QED) is 0.508. The van der Waals surface area contributed by atoms with Crippen LogP contribution in [0.3, 0.4) is 0 Å². The van der Waals surface area contributed by atoms with E-state index in [2.05, 4.69) is 20.8 Å². The van der Waals surface area contributed by atoms with E-state index in [1.165, 1.54) is 0 Å². The molecule has 0 spiro atoms. The lowest BCUT2D eigenvalue weighted by Crippen LogP contribution is -1.97. The molecule has 0 unspecified atom stereocenters. The van der Waals surface area contributed by atoms with E-state index < -0.39 is 0 Å². The third-order valence-electron chi connectivity index (χ3n) is 0.984. The predicted molar refractivity (Wildman–Crippen MR) is 35.6 cm³/mol. The minimum atomic E-state index is 0.604. The van der Waals surface area contributed by atoms with Crippen LogP contribution in [-0.4, -0.2) is 13.2 Å². The van der Waals surface area contributed by atoms with Crippen LogP contribution in [0.25, 0.3) is 0 Å². The lowest BCUT2D eigenvalue weighted by Gasteiger charge is -2.02. The highest BCUT2D eigenvalue weighted by atomic mass is 16.5. The molecule has 49 valence electrons. The molecular weight excluding hydrogens is 100 g/mol. The van der Waals surface area contributed by atoms with Gasteiger partial charge >= 0.3 is 0 Å². The summed E-state index contributed by atoms with van der Waals surface area (Å²) in [5, 5.41) is 0. The summed E-state index contributed by atoms with van der Waals surface area (Å²) in [7, 11) is 0. The maximum absolute atomic E-state index is 5.03. The van der Waals surface area contributed by atoms with Crippen LogP contribution in [0, 0.1) is 12.8 Å². The third kappa shape index (κ3) is 5.96. The molecule has 0 aliphatic carbocycles. The van der Waals surface area contributed by atoms with E-state index in [-0.39, 0.29) is 0 Å². The summed E-state index contributed by atoms with van der Waals surface area (Å²) < 4.78 is 5.03. The fraction of sp³-hybridized carbons (Fsp3) is 0.857. The molecule has 0 saturated carbocycles. The Hall–Kier alpha value is -0.0400. The fourth-order valence-electron chi connectivity index (χ4n) is 0.421. The van der Waals surface area contributed by atoms with Gasteiger partial charge in [-0.15, -0.1) is 0 Å². The van der Waals surface area contributed by atoms with Crippen molar-refractivity contribution in [1.82, 2.24) is 0 Å². The Bertz CT molecular complexity index is 41.7. The maximum Gasteiger partial charge on any atom is 0.0468 e. The van der Waals surface area contributed by atoms with Gasteiger partial charge in [-0.1, -0.05) is 13.8 Å². The molecule has 0 heterocycles. The minimum absolute atomic E-state index is 0.604. The molecule has 1 radical (unpaired) electrons. The van der Waals surface area contributed by atoms with Crippen LogP contribution in [0.1, 0.15) is 20.3 Å². The van der Waals surface area contributed by atoms with Gasteiger partial charge in [-0.05, 0) is 19.3 Å². The Kier molecular flexibility index (Phi) is 5.08. The summed E-state index contributed by atoms with van der Waals surface area (Å²) in [6.45, 7) is 9.40. The molecule has 1 nitrogen and oxygen atoms in total. The van der Waals surface area contributed by atoms with Crippen molar-refractivity contribution < 1.29 is 4.74 Å². The Balaban J connectivity index is 2.72. The first-order valence-electron chi connectivity index (χ1n) is 3.14. The van der Waals surface area contributed by atoms with Crippen molar-refractivity contribution in [2.45, 2.75) is 20.3 Å². The SMILES string of the molecule is [CH2]COCCC(C)C. The first-order valence-corrected chi connectivity index (χ1v) is 3.14. The predicted octanol–water partition coefficient (Wildman–Crippen LogP) is 1.88. The molecule has 0 bridgehead atoms. The Morgan fingerprint density at radius 2 is 2.12 bits per heavy atom. The third-order valence-corrected chi connectivity index (χ3v) is 0.984. The summed E-state index contributed by atoms with van der Waals surface area (Å²) >= 11 is 0. The van der Waals surface area contributed by atoms with Gasteiger partial charge < -0.3 is 4.74 Å². The van der Waals surface area contributed by atoms with Gasteiger partial charge in [0.05, 0.1) is 0 Å². The average molecular weight is 115 g/mol. The van der Waals surface area contributed by atoms with E-state index in [0.29, 0.717) is 6.61 Å². The van der Waals surface area contributed by atoms with Gasteiger partial charge in [-0.3, -0.25) is 0 Å². The van der Waals surface area contributed by atoms with Crippen molar-refractivity contribution in [3.05, 3.63) is 6.92 Å². The standard InChI is InChI=1S/C7H15O/c1-4-8-6-5-7(2)3/h7H,1,4-6H2,2-3H3. The smallest absolute Gasteiger partial charge is 0.0468 e. The lowest BCUT2D eigenvalue weighted by molar-refractivity contribution is 0.148. The Morgan fingerprint density at radius 1 is 1.50 bits per heavy atom. The van der Waals surface area contributed by atoms with Gasteiger partial charge in [0.15, 0.2) is 0 Å². The van der Waals surface area contributed by atoms with Crippen molar-refractivity contribution in [2.75, 3.05) is 13.2 Å². The van der Waals surface area contributed by atoms with Crippen LogP contribution in [0.4, 0.5) is 0 Å². The molecule has 0 saturated heterocycles. The molecule has 0 atom stereocenters. The van der Waals surface area contributed by atoms with E-state index in [0.717, 1.165) is 18.9 Å². The van der Waals surface area contributed by atoms with Gasteiger partial charge in [0.2, 0.25) is 0 Å². The van der Waals surface area contributed by atoms with Crippen LogP contribution in [0.2, 0.25) is 0 Å². The molecular formula is C7H15O. The second-order valence-electron chi connectivity index (χ2n) is 2.29. The van der Waals surface area contributed by atoms with Crippen molar-refractivity contribution in [2.24, 2.45) is 5.92 Å². The van der Waals surface area contributed by atoms with Gasteiger partial charge in [0.25, 0.3) is 0 Å².